The van der Waals surface area contributed by atoms with Gasteiger partial charge in [0.25, 0.3) is 11.6 Å². The predicted octanol–water partition coefficient (Wildman–Crippen LogP) is 7.29. The number of rotatable bonds is 8. The number of anilines is 1. The average molecular weight is 587 g/mol. The molecular weight excluding hydrogens is 567 g/mol. The van der Waals surface area contributed by atoms with Crippen molar-refractivity contribution < 1.29 is 19.2 Å². The molecule has 0 fully saturated rings. The van der Waals surface area contributed by atoms with Crippen molar-refractivity contribution in [3.63, 3.8) is 0 Å². The van der Waals surface area contributed by atoms with Gasteiger partial charge in [0.15, 0.2) is 0 Å². The number of non-ortho nitro benzene ring substituents is 1. The number of nitro benzene ring substituents is 1. The molecule has 9 nitrogen and oxygen atoms in total. The van der Waals surface area contributed by atoms with E-state index in [4.69, 9.17) is 27.9 Å². The van der Waals surface area contributed by atoms with Crippen LogP contribution in [-0.4, -0.2) is 26.6 Å². The van der Waals surface area contributed by atoms with Gasteiger partial charge in [0, 0.05) is 34.5 Å². The van der Waals surface area contributed by atoms with E-state index < -0.39 is 22.9 Å². The quantitative estimate of drug-likeness (QED) is 0.116. The molecule has 1 amide bonds. The number of benzene rings is 4. The lowest BCUT2D eigenvalue weighted by atomic mass is 10.1. The molecule has 0 radical (unpaired) electrons. The van der Waals surface area contributed by atoms with Crippen molar-refractivity contribution in [1.29, 1.82) is 0 Å². The Morgan fingerprint density at radius 3 is 2.20 bits per heavy atom. The van der Waals surface area contributed by atoms with Crippen molar-refractivity contribution in [3.05, 3.63) is 141 Å². The number of amides is 1. The van der Waals surface area contributed by atoms with Gasteiger partial charge in [-0.05, 0) is 30.3 Å². The number of nitro groups is 1. The number of halogens is 2. The van der Waals surface area contributed by atoms with Gasteiger partial charge < -0.3 is 10.1 Å². The lowest BCUT2D eigenvalue weighted by molar-refractivity contribution is -0.384. The molecule has 11 heteroatoms. The highest BCUT2D eigenvalue weighted by atomic mass is 35.5. The van der Waals surface area contributed by atoms with Crippen molar-refractivity contribution >= 4 is 46.5 Å². The Morgan fingerprint density at radius 1 is 0.902 bits per heavy atom. The highest BCUT2D eigenvalue weighted by molar-refractivity contribution is 6.34. The number of para-hydroxylation sites is 1. The van der Waals surface area contributed by atoms with Crippen LogP contribution in [0.1, 0.15) is 22.0 Å². The molecule has 1 atom stereocenters. The molecule has 1 aromatic heterocycles. The number of esters is 1. The lowest BCUT2D eigenvalue weighted by Crippen LogP contribution is -2.26. The molecule has 0 saturated carbocycles. The molecule has 0 bridgehead atoms. The second kappa shape index (κ2) is 12.0. The minimum absolute atomic E-state index is 0.0418. The van der Waals surface area contributed by atoms with Crippen LogP contribution in [0.25, 0.3) is 16.9 Å². The number of hydrogen-bond acceptors (Lipinski definition) is 6. The fourth-order valence-electron chi connectivity index (χ4n) is 4.05. The molecule has 1 unspecified atom stereocenters. The first kappa shape index (κ1) is 27.6. The number of ether oxygens (including phenoxy) is 1. The van der Waals surface area contributed by atoms with Crippen molar-refractivity contribution in [2.24, 2.45) is 0 Å². The van der Waals surface area contributed by atoms with Gasteiger partial charge in [-0.15, -0.1) is 0 Å². The molecule has 1 heterocycles. The summed E-state index contributed by atoms with van der Waals surface area (Å²) in [6.45, 7) is 0. The van der Waals surface area contributed by atoms with Crippen molar-refractivity contribution in [3.8, 4) is 16.9 Å². The summed E-state index contributed by atoms with van der Waals surface area (Å²) in [5.41, 5.74) is 2.09. The zero-order valence-corrected chi connectivity index (χ0v) is 22.6. The van der Waals surface area contributed by atoms with Crippen molar-refractivity contribution in [2.45, 2.75) is 6.10 Å². The van der Waals surface area contributed by atoms with Crippen LogP contribution >= 0.6 is 23.2 Å². The average Bonchev–Trinajstić information content (AvgIpc) is 3.44. The molecule has 204 valence electrons. The van der Waals surface area contributed by atoms with Crippen LogP contribution in [0.15, 0.2) is 109 Å². The maximum atomic E-state index is 13.7. The topological polar surface area (TPSA) is 116 Å². The van der Waals surface area contributed by atoms with Gasteiger partial charge in [-0.3, -0.25) is 14.9 Å². The molecule has 0 aliphatic rings. The first-order chi connectivity index (χ1) is 19.8. The first-order valence-electron chi connectivity index (χ1n) is 12.2. The molecular formula is C30H20Cl2N4O5. The Morgan fingerprint density at radius 2 is 1.56 bits per heavy atom. The molecule has 41 heavy (non-hydrogen) atoms. The summed E-state index contributed by atoms with van der Waals surface area (Å²) in [6, 6.07) is 28.1. The summed E-state index contributed by atoms with van der Waals surface area (Å²) in [6.07, 6.45) is 0.155. The Balaban J connectivity index is 1.50. The largest absolute Gasteiger partial charge is 0.444 e. The summed E-state index contributed by atoms with van der Waals surface area (Å²) in [7, 11) is 0. The van der Waals surface area contributed by atoms with E-state index in [2.05, 4.69) is 10.4 Å². The summed E-state index contributed by atoms with van der Waals surface area (Å²) in [4.78, 5) is 37.6. The highest BCUT2D eigenvalue weighted by Gasteiger charge is 2.29. The predicted molar refractivity (Wildman–Crippen MR) is 155 cm³/mol. The smallest absolute Gasteiger partial charge is 0.343 e. The first-order valence-corrected chi connectivity index (χ1v) is 13.0. The third kappa shape index (κ3) is 6.27. The molecule has 0 aliphatic carbocycles. The van der Waals surface area contributed by atoms with Gasteiger partial charge in [0.1, 0.15) is 11.3 Å². The van der Waals surface area contributed by atoms with Crippen LogP contribution in [0.2, 0.25) is 10.0 Å². The van der Waals surface area contributed by atoms with Crippen LogP contribution in [0.4, 0.5) is 11.4 Å². The fourth-order valence-corrected chi connectivity index (χ4v) is 4.39. The van der Waals surface area contributed by atoms with E-state index in [1.54, 1.807) is 59.3 Å². The summed E-state index contributed by atoms with van der Waals surface area (Å²) < 4.78 is 7.36. The lowest BCUT2D eigenvalue weighted by Gasteiger charge is -2.18. The van der Waals surface area contributed by atoms with Gasteiger partial charge in [-0.1, -0.05) is 83.9 Å². The van der Waals surface area contributed by atoms with E-state index in [0.717, 1.165) is 6.07 Å². The third-order valence-electron chi connectivity index (χ3n) is 6.06. The maximum absolute atomic E-state index is 13.7. The Hall–Kier alpha value is -4.99. The number of carbonyl (C=O) groups excluding carboxylic acids is 2. The standard InChI is InChI=1S/C30H20Cl2N4O5/c31-21-13-11-19(12-14-21)27-24(18-35(34-27)22-9-5-2-6-10-22)30(38)41-28(20-7-3-1-4-8-20)29(37)33-26-16-15-23(36(39)40)17-25(26)32/h1-18,28H,(H,33,37). The van der Waals surface area contributed by atoms with E-state index in [1.165, 1.54) is 18.3 Å². The summed E-state index contributed by atoms with van der Waals surface area (Å²) in [5.74, 6) is -1.50. The number of carbonyl (C=O) groups is 2. The van der Waals surface area contributed by atoms with Gasteiger partial charge in [0.05, 0.1) is 21.3 Å². The molecule has 0 spiro atoms. The second-order valence-corrected chi connectivity index (χ2v) is 9.63. The third-order valence-corrected chi connectivity index (χ3v) is 6.62. The minimum Gasteiger partial charge on any atom is -0.444 e. The van der Waals surface area contributed by atoms with E-state index in [9.17, 15) is 19.7 Å². The molecule has 4 aromatic carbocycles. The number of nitrogens with one attached hydrogen (secondary N) is 1. The van der Waals surface area contributed by atoms with E-state index in [-0.39, 0.29) is 22.0 Å². The van der Waals surface area contributed by atoms with Crippen LogP contribution in [0.5, 0.6) is 0 Å². The fraction of sp³-hybridized carbons (Fsp3) is 0.0333. The number of nitrogens with zero attached hydrogens (tertiary/aromatic N) is 3. The monoisotopic (exact) mass is 586 g/mol. The van der Waals surface area contributed by atoms with Gasteiger partial charge in [-0.25, -0.2) is 9.48 Å². The molecule has 0 aliphatic heterocycles. The van der Waals surface area contributed by atoms with E-state index >= 15 is 0 Å². The van der Waals surface area contributed by atoms with Crippen LogP contribution in [0, 0.1) is 10.1 Å². The maximum Gasteiger partial charge on any atom is 0.343 e. The van der Waals surface area contributed by atoms with Crippen LogP contribution in [-0.2, 0) is 9.53 Å². The second-order valence-electron chi connectivity index (χ2n) is 8.78. The molecule has 0 saturated heterocycles. The number of hydrogen-bond donors (Lipinski definition) is 1. The molecule has 5 aromatic rings. The van der Waals surface area contributed by atoms with Crippen molar-refractivity contribution in [2.75, 3.05) is 5.32 Å². The SMILES string of the molecule is O=C(OC(C(=O)Nc1ccc([N+](=O)[O-])cc1Cl)c1ccccc1)c1cn(-c2ccccc2)nc1-c1ccc(Cl)cc1. The Labute approximate surface area is 244 Å². The summed E-state index contributed by atoms with van der Waals surface area (Å²) in [5, 5.41) is 18.8. The van der Waals surface area contributed by atoms with Gasteiger partial charge in [-0.2, -0.15) is 5.10 Å². The van der Waals surface area contributed by atoms with E-state index in [0.29, 0.717) is 27.5 Å². The van der Waals surface area contributed by atoms with E-state index in [1.807, 2.05) is 30.3 Å². The normalized spacial score (nSPS) is 11.5. The molecule has 5 rings (SSSR count). The zero-order chi connectivity index (χ0) is 28.9. The van der Waals surface area contributed by atoms with Gasteiger partial charge >= 0.3 is 5.97 Å². The zero-order valence-electron chi connectivity index (χ0n) is 21.1. The number of aromatic nitrogens is 2. The van der Waals surface area contributed by atoms with Crippen LogP contribution in [0.3, 0.4) is 0 Å². The summed E-state index contributed by atoms with van der Waals surface area (Å²) >= 11 is 12.3. The Bertz CT molecular complexity index is 1730. The van der Waals surface area contributed by atoms with Crippen molar-refractivity contribution in [1.82, 2.24) is 9.78 Å². The Kier molecular flexibility index (Phi) is 8.09. The van der Waals surface area contributed by atoms with Gasteiger partial charge in [0.2, 0.25) is 6.10 Å². The highest BCUT2D eigenvalue weighted by Crippen LogP contribution is 2.31. The minimum atomic E-state index is -1.38. The van der Waals surface area contributed by atoms with Crippen LogP contribution < -0.4 is 5.32 Å². The molecule has 1 N–H and O–H groups in total.